The Balaban J connectivity index is 1.62. The SMILES string of the molecule is COc1ccc(S(=O)(=O)N2CCCC(C(=O)Nc3ccc(CCN(C)C)cc3)C2)cc1. The van der Waals surface area contributed by atoms with E-state index in [1.165, 1.54) is 29.1 Å². The van der Waals surface area contributed by atoms with Gasteiger partial charge in [0.2, 0.25) is 15.9 Å². The summed E-state index contributed by atoms with van der Waals surface area (Å²) in [6.45, 7) is 1.56. The van der Waals surface area contributed by atoms with Gasteiger partial charge in [0.25, 0.3) is 0 Å². The van der Waals surface area contributed by atoms with E-state index < -0.39 is 10.0 Å². The Bertz CT molecular complexity index is 973. The number of hydrogen-bond acceptors (Lipinski definition) is 5. The van der Waals surface area contributed by atoms with E-state index in [0.29, 0.717) is 25.1 Å². The third-order valence-electron chi connectivity index (χ3n) is 5.52. The minimum Gasteiger partial charge on any atom is -0.497 e. The largest absolute Gasteiger partial charge is 0.497 e. The highest BCUT2D eigenvalue weighted by Crippen LogP contribution is 2.26. The number of ether oxygens (including phenoxy) is 1. The van der Waals surface area contributed by atoms with Gasteiger partial charge in [0, 0.05) is 25.3 Å². The molecule has 0 bridgehead atoms. The van der Waals surface area contributed by atoms with Crippen LogP contribution in [0, 0.1) is 5.92 Å². The van der Waals surface area contributed by atoms with E-state index in [1.54, 1.807) is 12.1 Å². The summed E-state index contributed by atoms with van der Waals surface area (Å²) in [6, 6.07) is 14.2. The average Bonchev–Trinajstić information content (AvgIpc) is 2.78. The summed E-state index contributed by atoms with van der Waals surface area (Å²) in [5.41, 5.74) is 1.94. The van der Waals surface area contributed by atoms with Gasteiger partial charge in [-0.1, -0.05) is 12.1 Å². The second-order valence-electron chi connectivity index (χ2n) is 8.12. The molecule has 31 heavy (non-hydrogen) atoms. The van der Waals surface area contributed by atoms with E-state index in [-0.39, 0.29) is 23.3 Å². The second kappa shape index (κ2) is 10.3. The maximum Gasteiger partial charge on any atom is 0.243 e. The number of sulfonamides is 1. The van der Waals surface area contributed by atoms with Gasteiger partial charge in [-0.3, -0.25) is 4.79 Å². The molecule has 1 N–H and O–H groups in total. The molecule has 2 aromatic rings. The topological polar surface area (TPSA) is 79.0 Å². The lowest BCUT2D eigenvalue weighted by Crippen LogP contribution is -2.43. The van der Waals surface area contributed by atoms with Crippen molar-refractivity contribution >= 4 is 21.6 Å². The number of nitrogens with one attached hydrogen (secondary N) is 1. The number of nitrogens with zero attached hydrogens (tertiary/aromatic N) is 2. The van der Waals surface area contributed by atoms with Crippen LogP contribution < -0.4 is 10.1 Å². The number of hydrogen-bond donors (Lipinski definition) is 1. The number of methoxy groups -OCH3 is 1. The number of carbonyl (C=O) groups is 1. The lowest BCUT2D eigenvalue weighted by atomic mass is 9.98. The quantitative estimate of drug-likeness (QED) is 0.676. The van der Waals surface area contributed by atoms with Crippen LogP contribution in [0.3, 0.4) is 0 Å². The summed E-state index contributed by atoms with van der Waals surface area (Å²) < 4.78 is 32.5. The molecule has 1 saturated heterocycles. The Kier molecular flexibility index (Phi) is 7.69. The van der Waals surface area contributed by atoms with Gasteiger partial charge in [0.15, 0.2) is 0 Å². The number of piperidine rings is 1. The van der Waals surface area contributed by atoms with Crippen LogP contribution in [-0.2, 0) is 21.2 Å². The zero-order chi connectivity index (χ0) is 22.4. The van der Waals surface area contributed by atoms with E-state index in [9.17, 15) is 13.2 Å². The highest BCUT2D eigenvalue weighted by atomic mass is 32.2. The molecule has 0 spiro atoms. The maximum atomic E-state index is 13.0. The van der Waals surface area contributed by atoms with Crippen LogP contribution in [0.1, 0.15) is 18.4 Å². The van der Waals surface area contributed by atoms with Gasteiger partial charge < -0.3 is 15.0 Å². The Morgan fingerprint density at radius 3 is 2.42 bits per heavy atom. The molecule has 1 fully saturated rings. The lowest BCUT2D eigenvalue weighted by Gasteiger charge is -2.31. The number of amides is 1. The Morgan fingerprint density at radius 2 is 1.81 bits per heavy atom. The first-order valence-corrected chi connectivity index (χ1v) is 11.9. The van der Waals surface area contributed by atoms with Crippen molar-refractivity contribution < 1.29 is 17.9 Å². The summed E-state index contributed by atoms with van der Waals surface area (Å²) in [6.07, 6.45) is 2.26. The van der Waals surface area contributed by atoms with Crippen LogP contribution in [0.25, 0.3) is 0 Å². The van der Waals surface area contributed by atoms with E-state index in [4.69, 9.17) is 4.74 Å². The molecule has 3 rings (SSSR count). The fourth-order valence-electron chi connectivity index (χ4n) is 3.62. The number of anilines is 1. The highest BCUT2D eigenvalue weighted by molar-refractivity contribution is 7.89. The predicted octanol–water partition coefficient (Wildman–Crippen LogP) is 2.84. The molecule has 0 radical (unpaired) electrons. The first kappa shape index (κ1) is 23.2. The molecule has 1 amide bonds. The van der Waals surface area contributed by atoms with Crippen LogP contribution in [0.5, 0.6) is 5.75 Å². The van der Waals surface area contributed by atoms with E-state index in [1.807, 2.05) is 38.4 Å². The molecule has 168 valence electrons. The van der Waals surface area contributed by atoms with Crippen molar-refractivity contribution in [2.75, 3.05) is 46.2 Å². The van der Waals surface area contributed by atoms with Crippen LogP contribution in [-0.4, -0.2) is 64.4 Å². The van der Waals surface area contributed by atoms with Crippen LogP contribution >= 0.6 is 0 Å². The first-order valence-electron chi connectivity index (χ1n) is 10.5. The standard InChI is InChI=1S/C23H31N3O4S/c1-25(2)16-14-18-6-8-20(9-7-18)24-23(27)19-5-4-15-26(17-19)31(28,29)22-12-10-21(30-3)11-13-22/h6-13,19H,4-5,14-17H2,1-3H3,(H,24,27). The number of benzene rings is 2. The zero-order valence-electron chi connectivity index (χ0n) is 18.4. The number of carbonyl (C=O) groups excluding carboxylic acids is 1. The summed E-state index contributed by atoms with van der Waals surface area (Å²) in [4.78, 5) is 15.1. The van der Waals surface area contributed by atoms with Crippen molar-refractivity contribution in [3.05, 3.63) is 54.1 Å². The molecule has 8 heteroatoms. The second-order valence-corrected chi connectivity index (χ2v) is 10.1. The van der Waals surface area contributed by atoms with Crippen LogP contribution in [0.2, 0.25) is 0 Å². The molecule has 1 heterocycles. The van der Waals surface area contributed by atoms with Gasteiger partial charge in [0.05, 0.1) is 17.9 Å². The van der Waals surface area contributed by atoms with Crippen molar-refractivity contribution in [1.29, 1.82) is 0 Å². The smallest absolute Gasteiger partial charge is 0.243 e. The molecule has 1 unspecified atom stereocenters. The molecule has 7 nitrogen and oxygen atoms in total. The summed E-state index contributed by atoms with van der Waals surface area (Å²) in [5, 5.41) is 2.94. The fourth-order valence-corrected chi connectivity index (χ4v) is 5.15. The molecule has 1 aliphatic heterocycles. The normalized spacial score (nSPS) is 17.5. The summed E-state index contributed by atoms with van der Waals surface area (Å²) in [7, 11) is 1.96. The number of rotatable bonds is 8. The van der Waals surface area contributed by atoms with E-state index >= 15 is 0 Å². The summed E-state index contributed by atoms with van der Waals surface area (Å²) in [5.74, 6) is 0.0773. The van der Waals surface area contributed by atoms with Crippen LogP contribution in [0.15, 0.2) is 53.4 Å². The minimum atomic E-state index is -3.65. The van der Waals surface area contributed by atoms with Crippen molar-refractivity contribution in [1.82, 2.24) is 9.21 Å². The van der Waals surface area contributed by atoms with Crippen molar-refractivity contribution in [2.45, 2.75) is 24.2 Å². The third-order valence-corrected chi connectivity index (χ3v) is 7.40. The highest BCUT2D eigenvalue weighted by Gasteiger charge is 2.33. The molecule has 1 aliphatic rings. The number of likely N-dealkylation sites (N-methyl/N-ethyl adjacent to an activating group) is 1. The van der Waals surface area contributed by atoms with Gasteiger partial charge in [-0.05, 0) is 75.3 Å². The van der Waals surface area contributed by atoms with E-state index in [0.717, 1.165) is 18.7 Å². The minimum absolute atomic E-state index is 0.143. The molecule has 0 aromatic heterocycles. The van der Waals surface area contributed by atoms with E-state index in [2.05, 4.69) is 10.2 Å². The monoisotopic (exact) mass is 445 g/mol. The average molecular weight is 446 g/mol. The maximum absolute atomic E-state index is 13.0. The van der Waals surface area contributed by atoms with Gasteiger partial charge >= 0.3 is 0 Å². The molecule has 1 atom stereocenters. The Labute approximate surface area is 185 Å². The van der Waals surface area contributed by atoms with Crippen molar-refractivity contribution in [3.63, 3.8) is 0 Å². The molecular formula is C23H31N3O4S. The van der Waals surface area contributed by atoms with Gasteiger partial charge in [-0.15, -0.1) is 0 Å². The molecule has 0 aliphatic carbocycles. The van der Waals surface area contributed by atoms with Gasteiger partial charge in [-0.25, -0.2) is 8.42 Å². The van der Waals surface area contributed by atoms with Gasteiger partial charge in [-0.2, -0.15) is 4.31 Å². The van der Waals surface area contributed by atoms with Gasteiger partial charge in [0.1, 0.15) is 5.75 Å². The molecule has 0 saturated carbocycles. The lowest BCUT2D eigenvalue weighted by molar-refractivity contribution is -0.120. The third kappa shape index (κ3) is 6.06. The predicted molar refractivity (Wildman–Crippen MR) is 122 cm³/mol. The van der Waals surface area contributed by atoms with Crippen molar-refractivity contribution in [3.8, 4) is 5.75 Å². The van der Waals surface area contributed by atoms with Crippen molar-refractivity contribution in [2.24, 2.45) is 5.92 Å². The fraction of sp³-hybridized carbons (Fsp3) is 0.435. The first-order chi connectivity index (χ1) is 14.8. The summed E-state index contributed by atoms with van der Waals surface area (Å²) >= 11 is 0. The Morgan fingerprint density at radius 1 is 1.13 bits per heavy atom. The molecular weight excluding hydrogens is 414 g/mol. The molecule has 2 aromatic carbocycles. The zero-order valence-corrected chi connectivity index (χ0v) is 19.2. The van der Waals surface area contributed by atoms with Crippen LogP contribution in [0.4, 0.5) is 5.69 Å². The Hall–Kier alpha value is -2.42.